The second-order valence-corrected chi connectivity index (χ2v) is 7.47. The van der Waals surface area contributed by atoms with Crippen molar-refractivity contribution in [3.05, 3.63) is 88.9 Å². The van der Waals surface area contributed by atoms with E-state index in [4.69, 9.17) is 9.15 Å². The smallest absolute Gasteiger partial charge is 0.318 e. The zero-order valence-corrected chi connectivity index (χ0v) is 16.5. The van der Waals surface area contributed by atoms with Gasteiger partial charge in [0.25, 0.3) is 0 Å². The number of hydrogen-bond acceptors (Lipinski definition) is 3. The SMILES string of the molecule is Cc1cc(Cc2ccccc2)oc1C(C(=O)O)c1ccc(OCC(C)C)cc1. The molecule has 0 aliphatic carbocycles. The highest BCUT2D eigenvalue weighted by atomic mass is 16.5. The van der Waals surface area contributed by atoms with E-state index in [1.54, 1.807) is 12.1 Å². The highest BCUT2D eigenvalue weighted by Crippen LogP contribution is 2.31. The Morgan fingerprint density at radius 3 is 2.36 bits per heavy atom. The van der Waals surface area contributed by atoms with E-state index in [-0.39, 0.29) is 0 Å². The Labute approximate surface area is 165 Å². The first-order chi connectivity index (χ1) is 13.4. The van der Waals surface area contributed by atoms with Crippen LogP contribution < -0.4 is 4.74 Å². The van der Waals surface area contributed by atoms with Crippen LogP contribution in [0, 0.1) is 12.8 Å². The lowest BCUT2D eigenvalue weighted by Crippen LogP contribution is -2.13. The van der Waals surface area contributed by atoms with Gasteiger partial charge in [-0.2, -0.15) is 0 Å². The predicted molar refractivity (Wildman–Crippen MR) is 109 cm³/mol. The third-order valence-corrected chi connectivity index (χ3v) is 4.53. The van der Waals surface area contributed by atoms with Crippen molar-refractivity contribution in [3.8, 4) is 5.75 Å². The Hall–Kier alpha value is -3.01. The maximum Gasteiger partial charge on any atom is 0.318 e. The van der Waals surface area contributed by atoms with Crippen molar-refractivity contribution in [2.45, 2.75) is 33.1 Å². The fraction of sp³-hybridized carbons (Fsp3) is 0.292. The highest BCUT2D eigenvalue weighted by molar-refractivity contribution is 5.80. The lowest BCUT2D eigenvalue weighted by molar-refractivity contribution is -0.138. The van der Waals surface area contributed by atoms with Gasteiger partial charge in [-0.05, 0) is 47.7 Å². The molecule has 28 heavy (non-hydrogen) atoms. The van der Waals surface area contributed by atoms with E-state index in [1.165, 1.54) is 0 Å². The molecule has 1 unspecified atom stereocenters. The Morgan fingerprint density at radius 1 is 1.07 bits per heavy atom. The first-order valence-electron chi connectivity index (χ1n) is 9.52. The van der Waals surface area contributed by atoms with Crippen LogP contribution >= 0.6 is 0 Å². The maximum atomic E-state index is 12.0. The summed E-state index contributed by atoms with van der Waals surface area (Å²) in [5.74, 6) is 0.641. The molecule has 146 valence electrons. The van der Waals surface area contributed by atoms with Crippen LogP contribution in [0.25, 0.3) is 0 Å². The van der Waals surface area contributed by atoms with Crippen molar-refractivity contribution in [3.63, 3.8) is 0 Å². The molecule has 0 radical (unpaired) electrons. The predicted octanol–water partition coefficient (Wildman–Crippen LogP) is 5.43. The van der Waals surface area contributed by atoms with Crippen molar-refractivity contribution in [1.82, 2.24) is 0 Å². The molecule has 3 aromatic rings. The molecule has 4 nitrogen and oxygen atoms in total. The van der Waals surface area contributed by atoms with Gasteiger partial charge in [-0.3, -0.25) is 4.79 Å². The molecule has 0 amide bonds. The summed E-state index contributed by atoms with van der Waals surface area (Å²) in [6, 6.07) is 19.2. The van der Waals surface area contributed by atoms with E-state index in [0.29, 0.717) is 30.3 Å². The van der Waals surface area contributed by atoms with Gasteiger partial charge in [0, 0.05) is 6.42 Å². The molecule has 1 heterocycles. The number of aliphatic carboxylic acids is 1. The number of rotatable bonds is 8. The Bertz CT molecular complexity index is 908. The zero-order valence-electron chi connectivity index (χ0n) is 16.5. The minimum absolute atomic E-state index is 0.431. The maximum absolute atomic E-state index is 12.0. The van der Waals surface area contributed by atoms with E-state index < -0.39 is 11.9 Å². The average molecular weight is 378 g/mol. The summed E-state index contributed by atoms with van der Waals surface area (Å²) >= 11 is 0. The second-order valence-electron chi connectivity index (χ2n) is 7.47. The van der Waals surface area contributed by atoms with E-state index in [2.05, 4.69) is 13.8 Å². The molecule has 0 aliphatic heterocycles. The largest absolute Gasteiger partial charge is 0.493 e. The number of aryl methyl sites for hydroxylation is 1. The minimum Gasteiger partial charge on any atom is -0.493 e. The van der Waals surface area contributed by atoms with Crippen molar-refractivity contribution in [2.75, 3.05) is 6.61 Å². The molecule has 0 fully saturated rings. The average Bonchev–Trinajstić information content (AvgIpc) is 3.01. The summed E-state index contributed by atoms with van der Waals surface area (Å²) in [5.41, 5.74) is 2.65. The number of benzene rings is 2. The summed E-state index contributed by atoms with van der Waals surface area (Å²) < 4.78 is 11.7. The van der Waals surface area contributed by atoms with Crippen molar-refractivity contribution in [2.24, 2.45) is 5.92 Å². The van der Waals surface area contributed by atoms with Gasteiger partial charge in [-0.15, -0.1) is 0 Å². The van der Waals surface area contributed by atoms with Gasteiger partial charge in [-0.1, -0.05) is 56.3 Å². The number of carbonyl (C=O) groups is 1. The molecule has 0 aliphatic rings. The normalized spacial score (nSPS) is 12.1. The van der Waals surface area contributed by atoms with Crippen LogP contribution in [0.3, 0.4) is 0 Å². The summed E-state index contributed by atoms with van der Waals surface area (Å²) in [4.78, 5) is 12.0. The van der Waals surface area contributed by atoms with Gasteiger partial charge in [0.05, 0.1) is 6.61 Å². The van der Waals surface area contributed by atoms with E-state index in [0.717, 1.165) is 22.6 Å². The molecule has 2 aromatic carbocycles. The number of furan rings is 1. The number of carboxylic acids is 1. The summed E-state index contributed by atoms with van der Waals surface area (Å²) in [6.45, 7) is 6.69. The van der Waals surface area contributed by atoms with Crippen LogP contribution in [-0.2, 0) is 11.2 Å². The summed E-state index contributed by atoms with van der Waals surface area (Å²) in [7, 11) is 0. The van der Waals surface area contributed by atoms with Gasteiger partial charge in [0.1, 0.15) is 23.2 Å². The second kappa shape index (κ2) is 8.79. The lowest BCUT2D eigenvalue weighted by atomic mass is 9.94. The Kier molecular flexibility index (Phi) is 6.19. The first-order valence-corrected chi connectivity index (χ1v) is 9.52. The van der Waals surface area contributed by atoms with E-state index in [9.17, 15) is 9.90 Å². The van der Waals surface area contributed by atoms with Crippen LogP contribution in [0.5, 0.6) is 5.75 Å². The zero-order chi connectivity index (χ0) is 20.1. The molecule has 4 heteroatoms. The Morgan fingerprint density at radius 2 is 1.75 bits per heavy atom. The topological polar surface area (TPSA) is 59.7 Å². The van der Waals surface area contributed by atoms with Crippen LogP contribution in [0.2, 0.25) is 0 Å². The van der Waals surface area contributed by atoms with Crippen LogP contribution in [0.1, 0.15) is 48.0 Å². The number of hydrogen-bond donors (Lipinski definition) is 1. The van der Waals surface area contributed by atoms with Crippen LogP contribution in [0.15, 0.2) is 65.1 Å². The molecule has 1 N–H and O–H groups in total. The van der Waals surface area contributed by atoms with Gasteiger partial charge < -0.3 is 14.3 Å². The van der Waals surface area contributed by atoms with Crippen LogP contribution in [0.4, 0.5) is 0 Å². The van der Waals surface area contributed by atoms with Gasteiger partial charge in [0.15, 0.2) is 0 Å². The third kappa shape index (κ3) is 4.83. The number of carboxylic acid groups (broad SMARTS) is 1. The molecule has 3 rings (SSSR count). The van der Waals surface area contributed by atoms with E-state index in [1.807, 2.05) is 55.5 Å². The standard InChI is InChI=1S/C24H26O4/c1-16(2)15-27-20-11-9-19(10-12-20)22(24(25)26)23-17(3)13-21(28-23)14-18-7-5-4-6-8-18/h4-13,16,22H,14-15H2,1-3H3,(H,25,26). The van der Waals surface area contributed by atoms with Crippen LogP contribution in [-0.4, -0.2) is 17.7 Å². The molecule has 0 saturated heterocycles. The van der Waals surface area contributed by atoms with Gasteiger partial charge >= 0.3 is 5.97 Å². The van der Waals surface area contributed by atoms with Crippen molar-refractivity contribution < 1.29 is 19.1 Å². The molecular formula is C24H26O4. The molecule has 0 bridgehead atoms. The monoisotopic (exact) mass is 378 g/mol. The molecule has 1 aromatic heterocycles. The number of ether oxygens (including phenoxy) is 1. The lowest BCUT2D eigenvalue weighted by Gasteiger charge is -2.13. The molecule has 0 spiro atoms. The van der Waals surface area contributed by atoms with Crippen molar-refractivity contribution >= 4 is 5.97 Å². The summed E-state index contributed by atoms with van der Waals surface area (Å²) in [5, 5.41) is 9.86. The molecule has 1 atom stereocenters. The fourth-order valence-electron chi connectivity index (χ4n) is 3.16. The summed E-state index contributed by atoms with van der Waals surface area (Å²) in [6.07, 6.45) is 0.635. The highest BCUT2D eigenvalue weighted by Gasteiger charge is 2.28. The quantitative estimate of drug-likeness (QED) is 0.568. The minimum atomic E-state index is -0.931. The van der Waals surface area contributed by atoms with Crippen molar-refractivity contribution in [1.29, 1.82) is 0 Å². The third-order valence-electron chi connectivity index (χ3n) is 4.53. The molecule has 0 saturated carbocycles. The van der Waals surface area contributed by atoms with Gasteiger partial charge in [-0.25, -0.2) is 0 Å². The fourth-order valence-corrected chi connectivity index (χ4v) is 3.16. The molecular weight excluding hydrogens is 352 g/mol. The van der Waals surface area contributed by atoms with Gasteiger partial charge in [0.2, 0.25) is 0 Å². The van der Waals surface area contributed by atoms with E-state index >= 15 is 0 Å². The Balaban J connectivity index is 1.83. The first kappa shape index (κ1) is 19.7.